The fraction of sp³-hybridized carbons (Fsp3) is 0.429. The maximum Gasteiger partial charge on any atom is 0.328 e. The molecule has 7 nitrogen and oxygen atoms in total. The monoisotopic (exact) mass is 297 g/mol. The first kappa shape index (κ1) is 16.6. The van der Waals surface area contributed by atoms with E-state index in [9.17, 15) is 9.59 Å². The summed E-state index contributed by atoms with van der Waals surface area (Å²) in [5, 5.41) is 2.52. The molecule has 0 fully saturated rings. The normalized spacial score (nSPS) is 11.3. The van der Waals surface area contributed by atoms with Gasteiger partial charge in [0.2, 0.25) is 0 Å². The van der Waals surface area contributed by atoms with E-state index in [-0.39, 0.29) is 5.56 Å². The molecule has 0 aromatic heterocycles. The molecule has 1 aromatic rings. The summed E-state index contributed by atoms with van der Waals surface area (Å²) in [6, 6.07) is 2.24. The third-order valence-electron chi connectivity index (χ3n) is 2.85. The van der Waals surface area contributed by atoms with E-state index in [2.05, 4.69) is 10.1 Å². The van der Waals surface area contributed by atoms with Gasteiger partial charge in [-0.2, -0.15) is 0 Å². The molecule has 116 valence electrons. The third kappa shape index (κ3) is 3.77. The second kappa shape index (κ2) is 7.37. The minimum absolute atomic E-state index is 0.228. The fourth-order valence-electron chi connectivity index (χ4n) is 1.72. The Bertz CT molecular complexity index is 528. The highest BCUT2D eigenvalue weighted by atomic mass is 16.5. The van der Waals surface area contributed by atoms with E-state index in [0.29, 0.717) is 17.2 Å². The summed E-state index contributed by atoms with van der Waals surface area (Å²) in [6.45, 7) is 1.52. The molecule has 1 rings (SSSR count). The molecule has 1 N–H and O–H groups in total. The van der Waals surface area contributed by atoms with Crippen molar-refractivity contribution in [1.29, 1.82) is 0 Å². The predicted octanol–water partition coefficient (Wildman–Crippen LogP) is 1.00. The molecule has 21 heavy (non-hydrogen) atoms. The largest absolute Gasteiger partial charge is 0.496 e. The van der Waals surface area contributed by atoms with Gasteiger partial charge in [0.1, 0.15) is 11.8 Å². The molecule has 0 saturated heterocycles. The van der Waals surface area contributed by atoms with E-state index < -0.39 is 17.9 Å². The Balaban J connectivity index is 3.10. The molecule has 0 radical (unpaired) electrons. The first-order valence-corrected chi connectivity index (χ1v) is 6.17. The number of rotatable bonds is 6. The van der Waals surface area contributed by atoms with E-state index in [1.165, 1.54) is 47.5 Å². The Morgan fingerprint density at radius 2 is 1.48 bits per heavy atom. The zero-order valence-corrected chi connectivity index (χ0v) is 12.7. The van der Waals surface area contributed by atoms with Gasteiger partial charge in [0, 0.05) is 12.1 Å². The minimum atomic E-state index is -0.777. The summed E-state index contributed by atoms with van der Waals surface area (Å²) in [6.07, 6.45) is 0. The number of esters is 1. The zero-order valence-electron chi connectivity index (χ0n) is 12.7. The number of nitrogens with one attached hydrogen (secondary N) is 1. The molecule has 0 saturated carbocycles. The van der Waals surface area contributed by atoms with Crippen LogP contribution in [0.2, 0.25) is 0 Å². The third-order valence-corrected chi connectivity index (χ3v) is 2.85. The Labute approximate surface area is 123 Å². The van der Waals surface area contributed by atoms with Gasteiger partial charge in [0.25, 0.3) is 5.91 Å². The second-order valence-corrected chi connectivity index (χ2v) is 4.13. The maximum atomic E-state index is 12.2. The molecule has 1 atom stereocenters. The average Bonchev–Trinajstić information content (AvgIpc) is 2.52. The summed E-state index contributed by atoms with van der Waals surface area (Å²) in [4.78, 5) is 23.6. The summed E-state index contributed by atoms with van der Waals surface area (Å²) < 4.78 is 20.0. The van der Waals surface area contributed by atoms with Gasteiger partial charge in [-0.3, -0.25) is 4.79 Å². The predicted molar refractivity (Wildman–Crippen MR) is 75.0 cm³/mol. The summed E-state index contributed by atoms with van der Waals surface area (Å²) in [7, 11) is 5.63. The number of carbonyl (C=O) groups is 2. The summed E-state index contributed by atoms with van der Waals surface area (Å²) >= 11 is 0. The van der Waals surface area contributed by atoms with Crippen molar-refractivity contribution in [2.75, 3.05) is 28.4 Å². The van der Waals surface area contributed by atoms with E-state index in [1.807, 2.05) is 0 Å². The lowest BCUT2D eigenvalue weighted by Crippen LogP contribution is -2.39. The van der Waals surface area contributed by atoms with Crippen LogP contribution in [0.15, 0.2) is 12.1 Å². The minimum Gasteiger partial charge on any atom is -0.496 e. The van der Waals surface area contributed by atoms with Gasteiger partial charge in [-0.05, 0) is 6.92 Å². The van der Waals surface area contributed by atoms with Crippen LogP contribution in [-0.4, -0.2) is 46.4 Å². The first-order chi connectivity index (χ1) is 9.98. The van der Waals surface area contributed by atoms with Gasteiger partial charge in [-0.1, -0.05) is 0 Å². The zero-order chi connectivity index (χ0) is 16.0. The Morgan fingerprint density at radius 1 is 0.952 bits per heavy atom. The number of benzene rings is 1. The molecule has 0 spiro atoms. The van der Waals surface area contributed by atoms with Gasteiger partial charge in [0.15, 0.2) is 11.5 Å². The second-order valence-electron chi connectivity index (χ2n) is 4.13. The first-order valence-electron chi connectivity index (χ1n) is 6.17. The van der Waals surface area contributed by atoms with Crippen molar-refractivity contribution in [2.24, 2.45) is 0 Å². The molecule has 1 amide bonds. The molecule has 0 aliphatic rings. The summed E-state index contributed by atoms with van der Waals surface area (Å²) in [5.41, 5.74) is 0.228. The number of hydrogen-bond donors (Lipinski definition) is 1. The van der Waals surface area contributed by atoms with Crippen LogP contribution in [0.1, 0.15) is 17.3 Å². The van der Waals surface area contributed by atoms with Gasteiger partial charge >= 0.3 is 5.97 Å². The highest BCUT2D eigenvalue weighted by molar-refractivity contribution is 5.99. The van der Waals surface area contributed by atoms with Gasteiger partial charge in [-0.15, -0.1) is 0 Å². The summed E-state index contributed by atoms with van der Waals surface area (Å²) in [5.74, 6) is 0.108. The smallest absolute Gasteiger partial charge is 0.328 e. The van der Waals surface area contributed by atoms with Crippen LogP contribution in [0.4, 0.5) is 0 Å². The van der Waals surface area contributed by atoms with Gasteiger partial charge in [-0.25, -0.2) is 4.79 Å². The van der Waals surface area contributed by atoms with Crippen LogP contribution in [0, 0.1) is 0 Å². The maximum absolute atomic E-state index is 12.2. The van der Waals surface area contributed by atoms with Crippen LogP contribution in [0.5, 0.6) is 17.2 Å². The number of methoxy groups -OCH3 is 4. The fourth-order valence-corrected chi connectivity index (χ4v) is 1.72. The number of amides is 1. The lowest BCUT2D eigenvalue weighted by Gasteiger charge is -2.16. The van der Waals surface area contributed by atoms with E-state index >= 15 is 0 Å². The molecular formula is C14H19NO6. The standard InChI is InChI=1S/C14H19NO6/c1-8(14(17)21-5)15-13(16)9-6-11(19-3)12(20-4)7-10(9)18-2/h6-8H,1-5H3,(H,15,16). The Hall–Kier alpha value is -2.44. The van der Waals surface area contributed by atoms with Crippen molar-refractivity contribution in [2.45, 2.75) is 13.0 Å². The topological polar surface area (TPSA) is 83.1 Å². The number of carbonyl (C=O) groups excluding carboxylic acids is 2. The molecule has 0 aliphatic heterocycles. The molecule has 0 aliphatic carbocycles. The Morgan fingerprint density at radius 3 is 1.95 bits per heavy atom. The quantitative estimate of drug-likeness (QED) is 0.789. The van der Waals surface area contributed by atoms with Crippen LogP contribution < -0.4 is 19.5 Å². The van der Waals surface area contributed by atoms with Gasteiger partial charge in [0.05, 0.1) is 34.0 Å². The Kier molecular flexibility index (Phi) is 5.83. The average molecular weight is 297 g/mol. The molecule has 7 heteroatoms. The lowest BCUT2D eigenvalue weighted by molar-refractivity contribution is -0.142. The van der Waals surface area contributed by atoms with Crippen molar-refractivity contribution in [3.05, 3.63) is 17.7 Å². The number of hydrogen-bond acceptors (Lipinski definition) is 6. The van der Waals surface area contributed by atoms with Crippen molar-refractivity contribution in [1.82, 2.24) is 5.32 Å². The molecule has 0 heterocycles. The van der Waals surface area contributed by atoms with Crippen LogP contribution in [0.25, 0.3) is 0 Å². The van der Waals surface area contributed by atoms with Crippen molar-refractivity contribution >= 4 is 11.9 Å². The van der Waals surface area contributed by atoms with Crippen molar-refractivity contribution < 1.29 is 28.5 Å². The highest BCUT2D eigenvalue weighted by Crippen LogP contribution is 2.34. The molecule has 1 aromatic carbocycles. The highest BCUT2D eigenvalue weighted by Gasteiger charge is 2.21. The van der Waals surface area contributed by atoms with Crippen LogP contribution in [0.3, 0.4) is 0 Å². The molecular weight excluding hydrogens is 278 g/mol. The SMILES string of the molecule is COC(=O)C(C)NC(=O)c1cc(OC)c(OC)cc1OC. The van der Waals surface area contributed by atoms with Crippen LogP contribution in [-0.2, 0) is 9.53 Å². The van der Waals surface area contributed by atoms with Crippen molar-refractivity contribution in [3.8, 4) is 17.2 Å². The molecule has 1 unspecified atom stereocenters. The van der Waals surface area contributed by atoms with E-state index in [0.717, 1.165) is 0 Å². The van der Waals surface area contributed by atoms with Crippen molar-refractivity contribution in [3.63, 3.8) is 0 Å². The van der Waals surface area contributed by atoms with E-state index in [4.69, 9.17) is 14.2 Å². The number of ether oxygens (including phenoxy) is 4. The lowest BCUT2D eigenvalue weighted by atomic mass is 10.1. The van der Waals surface area contributed by atoms with Crippen LogP contribution >= 0.6 is 0 Å². The molecule has 0 bridgehead atoms. The van der Waals surface area contributed by atoms with Gasteiger partial charge < -0.3 is 24.3 Å². The van der Waals surface area contributed by atoms with E-state index in [1.54, 1.807) is 0 Å².